The van der Waals surface area contributed by atoms with E-state index in [0.717, 1.165) is 95.2 Å². The van der Waals surface area contributed by atoms with Crippen molar-refractivity contribution in [2.45, 2.75) is 6.92 Å². The Balaban J connectivity index is 1.13. The fourth-order valence-corrected chi connectivity index (χ4v) is 8.33. The zero-order valence-corrected chi connectivity index (χ0v) is 34.8. The SMILES string of the molecule is C=C/C=C(\C=C/C)c1ccccc1N(c1ccc(-c2ccccc2)cc1)c1cccc2c1oc1c(-c3cccc(-c4nc(-c5ccccc5)[nH+]c(-c5ccccc5)n4)c3)cccc12. The van der Waals surface area contributed by atoms with E-state index in [4.69, 9.17) is 14.4 Å². The minimum absolute atomic E-state index is 0.628. The van der Waals surface area contributed by atoms with Crippen molar-refractivity contribution >= 4 is 44.6 Å². The van der Waals surface area contributed by atoms with Gasteiger partial charge in [-0.25, -0.2) is 4.98 Å². The zero-order chi connectivity index (χ0) is 42.5. The lowest BCUT2D eigenvalue weighted by Crippen LogP contribution is -2.16. The number of H-pyrrole nitrogens is 1. The summed E-state index contributed by atoms with van der Waals surface area (Å²) < 4.78 is 7.16. The van der Waals surface area contributed by atoms with Crippen molar-refractivity contribution in [3.8, 4) is 56.4 Å². The molecule has 10 aromatic rings. The van der Waals surface area contributed by atoms with E-state index >= 15 is 0 Å². The van der Waals surface area contributed by atoms with Gasteiger partial charge in [-0.1, -0.05) is 180 Å². The molecular formula is C58H43N4O+. The number of benzene rings is 8. The van der Waals surface area contributed by atoms with E-state index in [1.807, 2.05) is 55.5 Å². The van der Waals surface area contributed by atoms with Crippen LogP contribution in [0.25, 0.3) is 83.9 Å². The van der Waals surface area contributed by atoms with E-state index in [-0.39, 0.29) is 0 Å². The number of para-hydroxylation sites is 3. The molecule has 0 amide bonds. The first kappa shape index (κ1) is 38.8. The third-order valence-electron chi connectivity index (χ3n) is 11.3. The van der Waals surface area contributed by atoms with Crippen molar-refractivity contribution in [1.29, 1.82) is 0 Å². The summed E-state index contributed by atoms with van der Waals surface area (Å²) in [7, 11) is 0. The van der Waals surface area contributed by atoms with Crippen molar-refractivity contribution in [2.24, 2.45) is 0 Å². The van der Waals surface area contributed by atoms with Crippen molar-refractivity contribution < 1.29 is 9.40 Å². The lowest BCUT2D eigenvalue weighted by Gasteiger charge is -2.28. The van der Waals surface area contributed by atoms with Crippen LogP contribution in [0, 0.1) is 0 Å². The summed E-state index contributed by atoms with van der Waals surface area (Å²) in [5.74, 6) is 2.12. The van der Waals surface area contributed by atoms with Crippen LogP contribution in [-0.2, 0) is 0 Å². The molecule has 0 unspecified atom stereocenters. The highest BCUT2D eigenvalue weighted by Crippen LogP contribution is 2.46. The molecule has 300 valence electrons. The van der Waals surface area contributed by atoms with Gasteiger partial charge in [-0.05, 0) is 89.9 Å². The van der Waals surface area contributed by atoms with Gasteiger partial charge in [-0.3, -0.25) is 0 Å². The summed E-state index contributed by atoms with van der Waals surface area (Å²) in [4.78, 5) is 16.0. The van der Waals surface area contributed by atoms with E-state index in [1.165, 1.54) is 5.56 Å². The first-order chi connectivity index (χ1) is 31.2. The maximum absolute atomic E-state index is 7.16. The lowest BCUT2D eigenvalue weighted by atomic mass is 9.99. The Morgan fingerprint density at radius 1 is 0.524 bits per heavy atom. The second kappa shape index (κ2) is 17.3. The molecule has 5 nitrogen and oxygen atoms in total. The maximum Gasteiger partial charge on any atom is 0.308 e. The number of hydrogen-bond acceptors (Lipinski definition) is 4. The predicted octanol–water partition coefficient (Wildman–Crippen LogP) is 15.1. The smallest absolute Gasteiger partial charge is 0.308 e. The molecule has 0 aliphatic rings. The topological polar surface area (TPSA) is 56.3 Å². The molecule has 0 saturated heterocycles. The molecule has 2 heterocycles. The second-order valence-electron chi connectivity index (χ2n) is 15.2. The number of allylic oxidation sites excluding steroid dienone is 5. The summed E-state index contributed by atoms with van der Waals surface area (Å²) in [5.41, 5.74) is 13.8. The fraction of sp³-hybridized carbons (Fsp3) is 0.0172. The molecule has 2 aromatic heterocycles. The molecule has 0 aliphatic carbocycles. The van der Waals surface area contributed by atoms with E-state index in [2.05, 4.69) is 192 Å². The standard InChI is InChI=1S/C58H42N4O/c1-3-19-42(20-4-2)48-29-14-15-33-52(48)62(47-37-35-41(36-38-47)40-21-8-5-9-22-40)53-34-18-32-51-50-31-17-30-49(54(50)63-55(51)53)45-27-16-28-46(39-45)58-60-56(43-23-10-6-11-24-43)59-57(61-58)44-25-12-7-13-26-44/h3-39H,1H2,2H3/p+1/b20-4-,42-19+. The van der Waals surface area contributed by atoms with E-state index in [0.29, 0.717) is 5.82 Å². The molecule has 0 spiro atoms. The number of nitrogens with one attached hydrogen (secondary N) is 1. The summed E-state index contributed by atoms with van der Waals surface area (Å²) >= 11 is 0. The fourth-order valence-electron chi connectivity index (χ4n) is 8.33. The average Bonchev–Trinajstić information content (AvgIpc) is 3.75. The molecule has 0 saturated carbocycles. The van der Waals surface area contributed by atoms with Gasteiger partial charge in [-0.2, -0.15) is 0 Å². The number of fused-ring (bicyclic) bond motifs is 3. The third kappa shape index (κ3) is 7.64. The van der Waals surface area contributed by atoms with Gasteiger partial charge < -0.3 is 9.32 Å². The molecule has 0 atom stereocenters. The van der Waals surface area contributed by atoms with Crippen LogP contribution < -0.4 is 9.88 Å². The number of aromatic amines is 1. The summed E-state index contributed by atoms with van der Waals surface area (Å²) in [6.07, 6.45) is 8.09. The van der Waals surface area contributed by atoms with Gasteiger partial charge >= 0.3 is 5.82 Å². The monoisotopic (exact) mass is 811 g/mol. The number of furan rings is 1. The van der Waals surface area contributed by atoms with Crippen LogP contribution in [0.4, 0.5) is 17.1 Å². The molecular weight excluding hydrogens is 769 g/mol. The highest BCUT2D eigenvalue weighted by atomic mass is 16.3. The number of aromatic nitrogens is 3. The lowest BCUT2D eigenvalue weighted by molar-refractivity contribution is -0.359. The number of nitrogens with zero attached hydrogens (tertiary/aromatic N) is 3. The Hall–Kier alpha value is -8.41. The van der Waals surface area contributed by atoms with Crippen LogP contribution in [0.3, 0.4) is 0 Å². The van der Waals surface area contributed by atoms with Gasteiger partial charge in [0.25, 0.3) is 11.6 Å². The first-order valence-corrected chi connectivity index (χ1v) is 21.1. The molecule has 10 rings (SSSR count). The third-order valence-corrected chi connectivity index (χ3v) is 11.3. The normalized spacial score (nSPS) is 11.7. The largest absolute Gasteiger partial charge is 0.453 e. The van der Waals surface area contributed by atoms with Gasteiger partial charge in [0.2, 0.25) is 0 Å². The zero-order valence-electron chi connectivity index (χ0n) is 34.8. The molecule has 5 heteroatoms. The number of hydrogen-bond donors (Lipinski definition) is 0. The van der Waals surface area contributed by atoms with Crippen LogP contribution in [0.15, 0.2) is 235 Å². The van der Waals surface area contributed by atoms with Crippen LogP contribution in [-0.4, -0.2) is 9.97 Å². The highest BCUT2D eigenvalue weighted by Gasteiger charge is 2.24. The van der Waals surface area contributed by atoms with E-state index < -0.39 is 0 Å². The van der Waals surface area contributed by atoms with Gasteiger partial charge in [0.15, 0.2) is 5.58 Å². The minimum atomic E-state index is 0.628. The van der Waals surface area contributed by atoms with Crippen molar-refractivity contribution in [3.05, 3.63) is 237 Å². The van der Waals surface area contributed by atoms with E-state index in [9.17, 15) is 0 Å². The predicted molar refractivity (Wildman–Crippen MR) is 261 cm³/mol. The summed E-state index contributed by atoms with van der Waals surface area (Å²) in [6, 6.07) is 69.4. The van der Waals surface area contributed by atoms with Crippen LogP contribution in [0.5, 0.6) is 0 Å². The maximum atomic E-state index is 7.16. The van der Waals surface area contributed by atoms with Crippen molar-refractivity contribution in [1.82, 2.24) is 9.97 Å². The molecule has 0 fully saturated rings. The second-order valence-corrected chi connectivity index (χ2v) is 15.2. The Kier molecular flexibility index (Phi) is 10.6. The number of anilines is 3. The summed E-state index contributed by atoms with van der Waals surface area (Å²) in [6.45, 7) is 6.08. The van der Waals surface area contributed by atoms with E-state index in [1.54, 1.807) is 0 Å². The van der Waals surface area contributed by atoms with Crippen molar-refractivity contribution in [2.75, 3.05) is 4.90 Å². The van der Waals surface area contributed by atoms with Gasteiger partial charge in [-0.15, -0.1) is 0 Å². The summed E-state index contributed by atoms with van der Waals surface area (Å²) in [5, 5.41) is 2.06. The molecule has 8 aromatic carbocycles. The van der Waals surface area contributed by atoms with Gasteiger partial charge in [0.1, 0.15) is 5.58 Å². The molecule has 0 radical (unpaired) electrons. The van der Waals surface area contributed by atoms with Crippen LogP contribution in [0.1, 0.15) is 12.5 Å². The molecule has 1 N–H and O–H groups in total. The molecule has 63 heavy (non-hydrogen) atoms. The van der Waals surface area contributed by atoms with Gasteiger partial charge in [0.05, 0.1) is 28.1 Å². The minimum Gasteiger partial charge on any atom is -0.453 e. The Bertz CT molecular complexity index is 3240. The van der Waals surface area contributed by atoms with Gasteiger partial charge in [0, 0.05) is 27.6 Å². The Morgan fingerprint density at radius 3 is 1.73 bits per heavy atom. The van der Waals surface area contributed by atoms with Crippen LogP contribution >= 0.6 is 0 Å². The highest BCUT2D eigenvalue weighted by molar-refractivity contribution is 6.14. The molecule has 0 aliphatic heterocycles. The Labute approximate surface area is 367 Å². The number of rotatable bonds is 11. The first-order valence-electron chi connectivity index (χ1n) is 21.1. The quantitative estimate of drug-likeness (QED) is 0.122. The average molecular weight is 812 g/mol. The van der Waals surface area contributed by atoms with Crippen LogP contribution in [0.2, 0.25) is 0 Å². The molecule has 0 bridgehead atoms. The Morgan fingerprint density at radius 2 is 1.06 bits per heavy atom. The van der Waals surface area contributed by atoms with Crippen molar-refractivity contribution in [3.63, 3.8) is 0 Å².